The van der Waals surface area contributed by atoms with E-state index in [1.54, 1.807) is 0 Å². The van der Waals surface area contributed by atoms with Crippen LogP contribution in [0.3, 0.4) is 0 Å². The Labute approximate surface area is 142 Å². The summed E-state index contributed by atoms with van der Waals surface area (Å²) in [5, 5.41) is 6.06. The van der Waals surface area contributed by atoms with E-state index < -0.39 is 0 Å². The number of rotatable bonds is 3. The van der Waals surface area contributed by atoms with E-state index in [4.69, 9.17) is 4.42 Å². The van der Waals surface area contributed by atoms with Gasteiger partial charge >= 0.3 is 6.03 Å². The summed E-state index contributed by atoms with van der Waals surface area (Å²) in [6, 6.07) is 5.83. The first-order valence-corrected chi connectivity index (χ1v) is 9.26. The third-order valence-corrected chi connectivity index (χ3v) is 5.03. The maximum atomic E-state index is 12.3. The van der Waals surface area contributed by atoms with Gasteiger partial charge in [-0.2, -0.15) is 0 Å². The summed E-state index contributed by atoms with van der Waals surface area (Å²) >= 11 is 0. The smallest absolute Gasteiger partial charge is 0.319 e. The molecule has 2 saturated carbocycles. The van der Waals surface area contributed by atoms with Crippen molar-refractivity contribution in [2.24, 2.45) is 0 Å². The highest BCUT2D eigenvalue weighted by atomic mass is 16.3. The SMILES string of the molecule is O=C(Nc1ccc2oc(C3CC3)nc2c1)NC1CCCCCCC1. The lowest BCUT2D eigenvalue weighted by atomic mass is 9.97. The number of amides is 2. The van der Waals surface area contributed by atoms with Gasteiger partial charge in [-0.1, -0.05) is 32.1 Å². The molecule has 24 heavy (non-hydrogen) atoms. The van der Waals surface area contributed by atoms with Gasteiger partial charge in [-0.3, -0.25) is 0 Å². The van der Waals surface area contributed by atoms with Crippen LogP contribution in [0.5, 0.6) is 0 Å². The number of nitrogens with zero attached hydrogens (tertiary/aromatic N) is 1. The molecular weight excluding hydrogens is 302 g/mol. The largest absolute Gasteiger partial charge is 0.440 e. The Morgan fingerprint density at radius 3 is 2.54 bits per heavy atom. The minimum Gasteiger partial charge on any atom is -0.440 e. The van der Waals surface area contributed by atoms with E-state index in [1.165, 1.54) is 44.9 Å². The maximum absolute atomic E-state index is 12.3. The summed E-state index contributed by atoms with van der Waals surface area (Å²) in [4.78, 5) is 16.8. The van der Waals surface area contributed by atoms with E-state index >= 15 is 0 Å². The lowest BCUT2D eigenvalue weighted by Gasteiger charge is -2.21. The van der Waals surface area contributed by atoms with Crippen LogP contribution in [-0.4, -0.2) is 17.1 Å². The Kier molecular flexibility index (Phi) is 4.41. The third-order valence-electron chi connectivity index (χ3n) is 5.03. The first-order chi connectivity index (χ1) is 11.8. The summed E-state index contributed by atoms with van der Waals surface area (Å²) in [7, 11) is 0. The summed E-state index contributed by atoms with van der Waals surface area (Å²) < 4.78 is 5.76. The minimum atomic E-state index is -0.120. The summed E-state index contributed by atoms with van der Waals surface area (Å²) in [5.74, 6) is 1.33. The molecule has 0 bridgehead atoms. The average Bonchev–Trinajstić information content (AvgIpc) is 3.30. The molecule has 4 rings (SSSR count). The Bertz CT molecular complexity index is 712. The van der Waals surface area contributed by atoms with Gasteiger partial charge in [0, 0.05) is 17.6 Å². The number of oxazole rings is 1. The monoisotopic (exact) mass is 327 g/mol. The summed E-state index contributed by atoms with van der Waals surface area (Å²) in [5.41, 5.74) is 2.38. The molecule has 5 heteroatoms. The van der Waals surface area contributed by atoms with Gasteiger partial charge in [0.15, 0.2) is 11.5 Å². The quantitative estimate of drug-likeness (QED) is 0.839. The minimum absolute atomic E-state index is 0.120. The van der Waals surface area contributed by atoms with Crippen LogP contribution in [0.2, 0.25) is 0 Å². The molecule has 1 heterocycles. The van der Waals surface area contributed by atoms with E-state index in [0.29, 0.717) is 12.0 Å². The molecule has 2 N–H and O–H groups in total. The molecule has 128 valence electrons. The normalized spacial score (nSPS) is 19.7. The van der Waals surface area contributed by atoms with Crippen LogP contribution in [0.15, 0.2) is 22.6 Å². The van der Waals surface area contributed by atoms with Crippen molar-refractivity contribution < 1.29 is 9.21 Å². The number of hydrogen-bond donors (Lipinski definition) is 2. The molecule has 0 saturated heterocycles. The second kappa shape index (κ2) is 6.83. The standard InChI is InChI=1S/C19H25N3O2/c23-19(20-14-6-4-2-1-3-5-7-14)21-15-10-11-17-16(12-15)22-18(24-17)13-8-9-13/h10-14H,1-9H2,(H2,20,21,23). The number of aromatic nitrogens is 1. The van der Waals surface area contributed by atoms with Gasteiger partial charge in [-0.15, -0.1) is 0 Å². The highest BCUT2D eigenvalue weighted by molar-refractivity contribution is 5.91. The predicted octanol–water partition coefficient (Wildman–Crippen LogP) is 4.94. The summed E-state index contributed by atoms with van der Waals surface area (Å²) in [6.45, 7) is 0. The molecular formula is C19H25N3O2. The second-order valence-corrected chi connectivity index (χ2v) is 7.15. The molecule has 0 aliphatic heterocycles. The Balaban J connectivity index is 1.38. The first kappa shape index (κ1) is 15.5. The molecule has 2 amide bonds. The number of benzene rings is 1. The van der Waals surface area contributed by atoms with E-state index in [9.17, 15) is 4.79 Å². The van der Waals surface area contributed by atoms with E-state index in [-0.39, 0.29) is 6.03 Å². The highest BCUT2D eigenvalue weighted by Crippen LogP contribution is 2.40. The molecule has 2 aliphatic carbocycles. The van der Waals surface area contributed by atoms with Crippen molar-refractivity contribution >= 4 is 22.8 Å². The van der Waals surface area contributed by atoms with Crippen LogP contribution in [0, 0.1) is 0 Å². The van der Waals surface area contributed by atoms with Gasteiger partial charge in [0.1, 0.15) is 5.52 Å². The number of carbonyl (C=O) groups excluding carboxylic acids is 1. The van der Waals surface area contributed by atoms with Crippen LogP contribution in [0.4, 0.5) is 10.5 Å². The van der Waals surface area contributed by atoms with Crippen LogP contribution in [0.25, 0.3) is 11.1 Å². The van der Waals surface area contributed by atoms with Crippen LogP contribution in [-0.2, 0) is 0 Å². The number of fused-ring (bicyclic) bond motifs is 1. The van der Waals surface area contributed by atoms with Gasteiger partial charge in [-0.25, -0.2) is 9.78 Å². The fraction of sp³-hybridized carbons (Fsp3) is 0.579. The van der Waals surface area contributed by atoms with E-state index in [2.05, 4.69) is 15.6 Å². The van der Waals surface area contributed by atoms with Crippen molar-refractivity contribution in [3.8, 4) is 0 Å². The van der Waals surface area contributed by atoms with E-state index in [1.807, 2.05) is 18.2 Å². The first-order valence-electron chi connectivity index (χ1n) is 9.26. The molecule has 2 aliphatic rings. The molecule has 0 radical (unpaired) electrons. The third kappa shape index (κ3) is 3.71. The van der Waals surface area contributed by atoms with Crippen molar-refractivity contribution in [2.45, 2.75) is 69.7 Å². The van der Waals surface area contributed by atoms with Crippen LogP contribution >= 0.6 is 0 Å². The maximum Gasteiger partial charge on any atom is 0.319 e. The van der Waals surface area contributed by atoms with Crippen molar-refractivity contribution in [1.82, 2.24) is 10.3 Å². The van der Waals surface area contributed by atoms with E-state index in [0.717, 1.165) is 35.5 Å². The topological polar surface area (TPSA) is 67.2 Å². The number of carbonyl (C=O) groups is 1. The Morgan fingerprint density at radius 2 is 1.79 bits per heavy atom. The zero-order valence-electron chi connectivity index (χ0n) is 14.0. The summed E-state index contributed by atoms with van der Waals surface area (Å²) in [6.07, 6.45) is 10.8. The lowest BCUT2D eigenvalue weighted by molar-refractivity contribution is 0.245. The fourth-order valence-corrected chi connectivity index (χ4v) is 3.48. The Hall–Kier alpha value is -2.04. The lowest BCUT2D eigenvalue weighted by Crippen LogP contribution is -2.38. The van der Waals surface area contributed by atoms with Crippen LogP contribution in [0.1, 0.15) is 69.6 Å². The van der Waals surface area contributed by atoms with Crippen molar-refractivity contribution in [1.29, 1.82) is 0 Å². The molecule has 0 unspecified atom stereocenters. The number of hydrogen-bond acceptors (Lipinski definition) is 3. The molecule has 2 fully saturated rings. The zero-order chi connectivity index (χ0) is 16.4. The number of nitrogens with one attached hydrogen (secondary N) is 2. The van der Waals surface area contributed by atoms with Gasteiger partial charge < -0.3 is 15.1 Å². The molecule has 0 spiro atoms. The predicted molar refractivity (Wildman–Crippen MR) is 94.2 cm³/mol. The van der Waals surface area contributed by atoms with Crippen LogP contribution < -0.4 is 10.6 Å². The molecule has 2 aromatic rings. The van der Waals surface area contributed by atoms with Gasteiger partial charge in [0.05, 0.1) is 0 Å². The van der Waals surface area contributed by atoms with Crippen molar-refractivity contribution in [2.75, 3.05) is 5.32 Å². The average molecular weight is 327 g/mol. The van der Waals surface area contributed by atoms with Gasteiger partial charge in [-0.05, 0) is 43.9 Å². The van der Waals surface area contributed by atoms with Gasteiger partial charge in [0.25, 0.3) is 0 Å². The highest BCUT2D eigenvalue weighted by Gasteiger charge is 2.28. The fourth-order valence-electron chi connectivity index (χ4n) is 3.48. The second-order valence-electron chi connectivity index (χ2n) is 7.15. The number of urea groups is 1. The molecule has 1 aromatic carbocycles. The van der Waals surface area contributed by atoms with Crippen molar-refractivity contribution in [3.05, 3.63) is 24.1 Å². The molecule has 1 aromatic heterocycles. The molecule has 0 atom stereocenters. The molecule has 5 nitrogen and oxygen atoms in total. The van der Waals surface area contributed by atoms with Gasteiger partial charge in [0.2, 0.25) is 0 Å². The van der Waals surface area contributed by atoms with Crippen molar-refractivity contribution in [3.63, 3.8) is 0 Å². The number of anilines is 1. The zero-order valence-corrected chi connectivity index (χ0v) is 14.0. The Morgan fingerprint density at radius 1 is 1.04 bits per heavy atom.